The second-order valence-corrected chi connectivity index (χ2v) is 5.37. The summed E-state index contributed by atoms with van der Waals surface area (Å²) in [5.41, 5.74) is -0.0754. The fourth-order valence-corrected chi connectivity index (χ4v) is 2.07. The van der Waals surface area contributed by atoms with E-state index in [0.29, 0.717) is 15.4 Å². The minimum atomic E-state index is -1.03. The number of hydrogen-bond acceptors (Lipinski definition) is 2. The van der Waals surface area contributed by atoms with Crippen molar-refractivity contribution in [2.24, 2.45) is 0 Å². The summed E-state index contributed by atoms with van der Waals surface area (Å²) in [4.78, 5) is 16.4. The largest absolute Gasteiger partial charge is 0.465 e. The monoisotopic (exact) mass is 306 g/mol. The summed E-state index contributed by atoms with van der Waals surface area (Å²) in [6.07, 6.45) is -1.03. The van der Waals surface area contributed by atoms with Gasteiger partial charge in [-0.05, 0) is 48.8 Å². The number of halogens is 2. The van der Waals surface area contributed by atoms with Gasteiger partial charge in [-0.3, -0.25) is 4.90 Å². The van der Waals surface area contributed by atoms with Crippen LogP contribution >= 0.6 is 27.5 Å². The smallest absolute Gasteiger partial charge is 0.412 e. The molecule has 0 spiro atoms. The third-order valence-corrected chi connectivity index (χ3v) is 2.69. The first-order valence-corrected chi connectivity index (χ1v) is 5.76. The van der Waals surface area contributed by atoms with Crippen LogP contribution in [-0.4, -0.2) is 21.7 Å². The van der Waals surface area contributed by atoms with Gasteiger partial charge in [-0.2, -0.15) is 0 Å². The van der Waals surface area contributed by atoms with Crippen molar-refractivity contribution < 1.29 is 9.90 Å². The summed E-state index contributed by atoms with van der Waals surface area (Å²) in [5.74, 6) is 0. The molecular formula is C10H12BrClN2O2. The lowest BCUT2D eigenvalue weighted by molar-refractivity contribution is 0.195. The SMILES string of the molecule is CC(C)(C)N(C(=O)O)c1ccc(Cl)nc1Br. The summed E-state index contributed by atoms with van der Waals surface area (Å²) in [6, 6.07) is 3.18. The average molecular weight is 308 g/mol. The Hall–Kier alpha value is -0.810. The van der Waals surface area contributed by atoms with Gasteiger partial charge in [-0.25, -0.2) is 9.78 Å². The van der Waals surface area contributed by atoms with E-state index in [9.17, 15) is 9.90 Å². The van der Waals surface area contributed by atoms with Crippen LogP contribution in [0.2, 0.25) is 5.15 Å². The molecule has 0 aliphatic rings. The first kappa shape index (κ1) is 13.3. The highest BCUT2D eigenvalue weighted by atomic mass is 79.9. The molecule has 0 radical (unpaired) electrons. The number of aromatic nitrogens is 1. The molecule has 1 aromatic rings. The predicted octanol–water partition coefficient (Wildman–Crippen LogP) is 3.78. The molecule has 6 heteroatoms. The maximum Gasteiger partial charge on any atom is 0.412 e. The molecule has 1 amide bonds. The first-order chi connectivity index (χ1) is 7.23. The van der Waals surface area contributed by atoms with Crippen LogP contribution in [0, 0.1) is 0 Å². The Morgan fingerprint density at radius 2 is 2.06 bits per heavy atom. The van der Waals surface area contributed by atoms with Crippen LogP contribution in [0.3, 0.4) is 0 Å². The highest BCUT2D eigenvalue weighted by molar-refractivity contribution is 9.10. The Kier molecular flexibility index (Phi) is 3.80. The van der Waals surface area contributed by atoms with Gasteiger partial charge < -0.3 is 5.11 Å². The lowest BCUT2D eigenvalue weighted by atomic mass is 10.1. The molecule has 16 heavy (non-hydrogen) atoms. The molecule has 1 rings (SSSR count). The van der Waals surface area contributed by atoms with Gasteiger partial charge in [-0.15, -0.1) is 0 Å². The molecular weight excluding hydrogens is 295 g/mol. The molecule has 0 fully saturated rings. The van der Waals surface area contributed by atoms with Crippen LogP contribution in [-0.2, 0) is 0 Å². The van der Waals surface area contributed by atoms with Crippen LogP contribution in [0.15, 0.2) is 16.7 Å². The Bertz CT molecular complexity index is 418. The normalized spacial score (nSPS) is 11.3. The maximum atomic E-state index is 11.2. The van der Waals surface area contributed by atoms with Crippen molar-refractivity contribution in [1.82, 2.24) is 4.98 Å². The summed E-state index contributed by atoms with van der Waals surface area (Å²) < 4.78 is 0.414. The van der Waals surface area contributed by atoms with Crippen molar-refractivity contribution in [3.05, 3.63) is 21.9 Å². The third-order valence-electron chi connectivity index (χ3n) is 1.90. The van der Waals surface area contributed by atoms with Gasteiger partial charge in [-0.1, -0.05) is 11.6 Å². The zero-order chi connectivity index (χ0) is 12.5. The molecule has 0 unspecified atom stereocenters. The Labute approximate surface area is 107 Å². The minimum absolute atomic E-state index is 0.315. The van der Waals surface area contributed by atoms with Crippen LogP contribution in [0.1, 0.15) is 20.8 Å². The fourth-order valence-electron chi connectivity index (χ4n) is 1.32. The summed E-state index contributed by atoms with van der Waals surface area (Å²) in [5, 5.41) is 9.52. The zero-order valence-corrected chi connectivity index (χ0v) is 11.5. The van der Waals surface area contributed by atoms with E-state index in [4.69, 9.17) is 11.6 Å². The van der Waals surface area contributed by atoms with Gasteiger partial charge >= 0.3 is 6.09 Å². The van der Waals surface area contributed by atoms with Crippen molar-refractivity contribution >= 4 is 39.3 Å². The molecule has 0 atom stereocenters. The molecule has 0 saturated carbocycles. The second kappa shape index (κ2) is 4.59. The van der Waals surface area contributed by atoms with Crippen LogP contribution < -0.4 is 4.90 Å². The lowest BCUT2D eigenvalue weighted by Gasteiger charge is -2.33. The van der Waals surface area contributed by atoms with Crippen molar-refractivity contribution in [1.29, 1.82) is 0 Å². The van der Waals surface area contributed by atoms with E-state index >= 15 is 0 Å². The molecule has 0 saturated heterocycles. The summed E-state index contributed by atoms with van der Waals surface area (Å²) in [7, 11) is 0. The van der Waals surface area contributed by atoms with E-state index in [1.165, 1.54) is 4.90 Å². The number of carboxylic acid groups (broad SMARTS) is 1. The number of rotatable bonds is 1. The lowest BCUT2D eigenvalue weighted by Crippen LogP contribution is -2.45. The number of anilines is 1. The zero-order valence-electron chi connectivity index (χ0n) is 9.16. The van der Waals surface area contributed by atoms with Crippen LogP contribution in [0.5, 0.6) is 0 Å². The molecule has 4 nitrogen and oxygen atoms in total. The maximum absolute atomic E-state index is 11.2. The molecule has 0 aliphatic carbocycles. The Morgan fingerprint density at radius 3 is 2.44 bits per heavy atom. The Balaban J connectivity index is 3.28. The second-order valence-electron chi connectivity index (χ2n) is 4.23. The van der Waals surface area contributed by atoms with Gasteiger partial charge in [0.05, 0.1) is 5.69 Å². The quantitative estimate of drug-likeness (QED) is 0.803. The van der Waals surface area contributed by atoms with Crippen molar-refractivity contribution in [2.45, 2.75) is 26.3 Å². The molecule has 0 aromatic carbocycles. The fraction of sp³-hybridized carbons (Fsp3) is 0.400. The number of nitrogens with zero attached hydrogens (tertiary/aromatic N) is 2. The topological polar surface area (TPSA) is 53.4 Å². The minimum Gasteiger partial charge on any atom is -0.465 e. The number of pyridine rings is 1. The average Bonchev–Trinajstić information content (AvgIpc) is 2.06. The highest BCUT2D eigenvalue weighted by Crippen LogP contribution is 2.31. The van der Waals surface area contributed by atoms with E-state index in [1.807, 2.05) is 20.8 Å². The molecule has 0 aliphatic heterocycles. The van der Waals surface area contributed by atoms with Crippen LogP contribution in [0.25, 0.3) is 0 Å². The van der Waals surface area contributed by atoms with Crippen molar-refractivity contribution in [3.8, 4) is 0 Å². The van der Waals surface area contributed by atoms with Crippen molar-refractivity contribution in [3.63, 3.8) is 0 Å². The number of amides is 1. The van der Waals surface area contributed by atoms with E-state index in [-0.39, 0.29) is 0 Å². The Morgan fingerprint density at radius 1 is 1.50 bits per heavy atom. The molecule has 88 valence electrons. The standard InChI is InChI=1S/C10H12BrClN2O2/c1-10(2,3)14(9(15)16)6-4-5-7(12)13-8(6)11/h4-5H,1-3H3,(H,15,16). The van der Waals surface area contributed by atoms with E-state index in [1.54, 1.807) is 12.1 Å². The van der Waals surface area contributed by atoms with Gasteiger partial charge in [0, 0.05) is 5.54 Å². The van der Waals surface area contributed by atoms with Gasteiger partial charge in [0.25, 0.3) is 0 Å². The van der Waals surface area contributed by atoms with E-state index < -0.39 is 11.6 Å². The molecule has 1 heterocycles. The van der Waals surface area contributed by atoms with Gasteiger partial charge in [0.15, 0.2) is 0 Å². The highest BCUT2D eigenvalue weighted by Gasteiger charge is 2.29. The number of carbonyl (C=O) groups is 1. The van der Waals surface area contributed by atoms with Gasteiger partial charge in [0.1, 0.15) is 9.76 Å². The van der Waals surface area contributed by atoms with E-state index in [0.717, 1.165) is 0 Å². The molecule has 1 N–H and O–H groups in total. The van der Waals surface area contributed by atoms with Crippen LogP contribution in [0.4, 0.5) is 10.5 Å². The molecule has 0 bridgehead atoms. The summed E-state index contributed by atoms with van der Waals surface area (Å²) in [6.45, 7) is 5.42. The first-order valence-electron chi connectivity index (χ1n) is 4.58. The molecule has 1 aromatic heterocycles. The van der Waals surface area contributed by atoms with Crippen molar-refractivity contribution in [2.75, 3.05) is 4.90 Å². The third kappa shape index (κ3) is 2.86. The predicted molar refractivity (Wildman–Crippen MR) is 67.2 cm³/mol. The van der Waals surface area contributed by atoms with Gasteiger partial charge in [0.2, 0.25) is 0 Å². The number of hydrogen-bond donors (Lipinski definition) is 1. The summed E-state index contributed by atoms with van der Waals surface area (Å²) >= 11 is 8.92. The van der Waals surface area contributed by atoms with E-state index in [2.05, 4.69) is 20.9 Å².